The van der Waals surface area contributed by atoms with Gasteiger partial charge in [0.25, 0.3) is 0 Å². The van der Waals surface area contributed by atoms with Gasteiger partial charge in [0.05, 0.1) is 40.0 Å². The molecule has 0 amide bonds. The molecule has 0 radical (unpaired) electrons. The first-order valence-corrected chi connectivity index (χ1v) is 18.8. The Balaban J connectivity index is 1.04. The van der Waals surface area contributed by atoms with Crippen LogP contribution in [0, 0.1) is 11.3 Å². The van der Waals surface area contributed by atoms with E-state index in [4.69, 9.17) is 9.98 Å². The summed E-state index contributed by atoms with van der Waals surface area (Å²) in [5.41, 5.74) is 17.1. The fourth-order valence-electron chi connectivity index (χ4n) is 7.96. The lowest BCUT2D eigenvalue weighted by Gasteiger charge is -2.16. The summed E-state index contributed by atoms with van der Waals surface area (Å²) in [5, 5.41) is 9.48. The Morgan fingerprint density at radius 1 is 0.464 bits per heavy atom. The van der Waals surface area contributed by atoms with Crippen molar-refractivity contribution < 1.29 is 0 Å². The zero-order valence-electron chi connectivity index (χ0n) is 30.4. The molecule has 0 unspecified atom stereocenters. The van der Waals surface area contributed by atoms with E-state index in [0.717, 1.165) is 78.5 Å². The lowest BCUT2D eigenvalue weighted by Crippen LogP contribution is -2.11. The van der Waals surface area contributed by atoms with Crippen LogP contribution in [-0.4, -0.2) is 15.3 Å². The van der Waals surface area contributed by atoms with E-state index in [1.165, 1.54) is 11.1 Å². The van der Waals surface area contributed by atoms with E-state index in [1.807, 2.05) is 36.4 Å². The second-order valence-corrected chi connectivity index (χ2v) is 14.1. The zero-order valence-corrected chi connectivity index (χ0v) is 30.4. The second-order valence-electron chi connectivity index (χ2n) is 14.1. The maximum Gasteiger partial charge on any atom is 0.145 e. The number of imidazole rings is 1. The van der Waals surface area contributed by atoms with E-state index in [2.05, 4.69) is 174 Å². The standard InChI is InChI=1S/C52H34N4/c53-34-35-19-21-36(22-20-35)42-31-43(37-23-27-40(28-24-37)51-50(39-11-3-1-4-12-39)46-15-7-8-16-47(46)54-51)33-44(32-42)38-25-29-41(30-26-38)52-55-48-17-9-10-18-49(48)56(52)45-13-5-2-6-14-45/h1-33,50H/t50-/m1/s1. The highest BCUT2D eigenvalue weighted by atomic mass is 15.1. The van der Waals surface area contributed by atoms with Crippen LogP contribution in [0.5, 0.6) is 0 Å². The first-order chi connectivity index (χ1) is 27.7. The first kappa shape index (κ1) is 33.0. The summed E-state index contributed by atoms with van der Waals surface area (Å²) in [6.45, 7) is 0. The predicted molar refractivity (Wildman–Crippen MR) is 228 cm³/mol. The summed E-state index contributed by atoms with van der Waals surface area (Å²) in [5.74, 6) is 0.984. The molecule has 9 aromatic rings. The highest BCUT2D eigenvalue weighted by Crippen LogP contribution is 2.42. The fourth-order valence-corrected chi connectivity index (χ4v) is 7.96. The molecular weight excluding hydrogens is 681 g/mol. The van der Waals surface area contributed by atoms with Gasteiger partial charge >= 0.3 is 0 Å². The summed E-state index contributed by atoms with van der Waals surface area (Å²) in [6, 6.07) is 72.2. The molecule has 0 N–H and O–H groups in total. The van der Waals surface area contributed by atoms with Gasteiger partial charge in [-0.3, -0.25) is 9.56 Å². The number of hydrogen-bond donors (Lipinski definition) is 0. The Morgan fingerprint density at radius 2 is 0.982 bits per heavy atom. The number of benzene rings is 8. The number of aromatic nitrogens is 2. The SMILES string of the molecule is N#Cc1ccc(-c2cc(-c3ccc(C4=Nc5ccccc5[C@H]4c4ccccc4)cc3)cc(-c3ccc(-c4nc5ccccc5n4-c4ccccc4)cc3)c2)cc1. The molecule has 0 bridgehead atoms. The van der Waals surface area contributed by atoms with Crippen LogP contribution in [0.1, 0.15) is 28.2 Å². The molecule has 1 aliphatic rings. The maximum atomic E-state index is 9.48. The minimum absolute atomic E-state index is 0.0802. The van der Waals surface area contributed by atoms with Crippen molar-refractivity contribution in [2.24, 2.45) is 4.99 Å². The number of fused-ring (bicyclic) bond motifs is 2. The van der Waals surface area contributed by atoms with Gasteiger partial charge in [-0.1, -0.05) is 140 Å². The van der Waals surface area contributed by atoms with Crippen molar-refractivity contribution in [2.75, 3.05) is 0 Å². The lowest BCUT2D eigenvalue weighted by molar-refractivity contribution is 1.10. The molecular formula is C52H34N4. The van der Waals surface area contributed by atoms with E-state index in [-0.39, 0.29) is 5.92 Å². The monoisotopic (exact) mass is 714 g/mol. The van der Waals surface area contributed by atoms with Gasteiger partial charge < -0.3 is 0 Å². The van der Waals surface area contributed by atoms with Crippen LogP contribution in [0.2, 0.25) is 0 Å². The lowest BCUT2D eigenvalue weighted by atomic mass is 9.85. The van der Waals surface area contributed by atoms with Crippen LogP contribution >= 0.6 is 0 Å². The van der Waals surface area contributed by atoms with Crippen LogP contribution in [0.15, 0.2) is 205 Å². The van der Waals surface area contributed by atoms with Crippen LogP contribution in [0.25, 0.3) is 61.5 Å². The zero-order chi connectivity index (χ0) is 37.4. The largest absolute Gasteiger partial charge is 0.292 e. The van der Waals surface area contributed by atoms with Crippen molar-refractivity contribution in [2.45, 2.75) is 5.92 Å². The Labute approximate surface area is 326 Å². The Bertz CT molecular complexity index is 2930. The van der Waals surface area contributed by atoms with E-state index in [9.17, 15) is 5.26 Å². The number of rotatable bonds is 7. The average Bonchev–Trinajstić information content (AvgIpc) is 3.87. The molecule has 0 saturated heterocycles. The van der Waals surface area contributed by atoms with Crippen molar-refractivity contribution in [3.05, 3.63) is 222 Å². The van der Waals surface area contributed by atoms with Crippen molar-refractivity contribution in [3.8, 4) is 56.5 Å². The van der Waals surface area contributed by atoms with Gasteiger partial charge in [0.15, 0.2) is 0 Å². The van der Waals surface area contributed by atoms with Crippen molar-refractivity contribution >= 4 is 22.4 Å². The van der Waals surface area contributed by atoms with E-state index in [1.54, 1.807) is 0 Å². The number of nitriles is 1. The van der Waals surface area contributed by atoms with Gasteiger partial charge in [-0.25, -0.2) is 4.98 Å². The summed E-state index contributed by atoms with van der Waals surface area (Å²) in [4.78, 5) is 10.2. The van der Waals surface area contributed by atoms with Crippen LogP contribution in [0.4, 0.5) is 5.69 Å². The fraction of sp³-hybridized carbons (Fsp3) is 0.0192. The number of hydrogen-bond acceptors (Lipinski definition) is 3. The molecule has 0 saturated carbocycles. The topological polar surface area (TPSA) is 54.0 Å². The van der Waals surface area contributed by atoms with Gasteiger partial charge in [-0.15, -0.1) is 0 Å². The highest BCUT2D eigenvalue weighted by molar-refractivity contribution is 6.11. The normalized spacial score (nSPS) is 13.3. The molecule has 262 valence electrons. The third-order valence-electron chi connectivity index (χ3n) is 10.7. The van der Waals surface area contributed by atoms with Crippen molar-refractivity contribution in [1.29, 1.82) is 5.26 Å². The van der Waals surface area contributed by atoms with E-state index >= 15 is 0 Å². The summed E-state index contributed by atoms with van der Waals surface area (Å²) in [6.07, 6.45) is 0. The van der Waals surface area contributed by atoms with Crippen LogP contribution in [0.3, 0.4) is 0 Å². The molecule has 8 aromatic carbocycles. The molecule has 1 atom stereocenters. The van der Waals surface area contributed by atoms with Gasteiger partial charge in [0.1, 0.15) is 5.82 Å². The average molecular weight is 715 g/mol. The smallest absolute Gasteiger partial charge is 0.145 e. The number of nitrogens with zero attached hydrogens (tertiary/aromatic N) is 4. The Morgan fingerprint density at radius 3 is 1.62 bits per heavy atom. The van der Waals surface area contributed by atoms with E-state index < -0.39 is 0 Å². The maximum absolute atomic E-state index is 9.48. The van der Waals surface area contributed by atoms with E-state index in [0.29, 0.717) is 5.56 Å². The summed E-state index contributed by atoms with van der Waals surface area (Å²) in [7, 11) is 0. The summed E-state index contributed by atoms with van der Waals surface area (Å²) >= 11 is 0. The third-order valence-corrected chi connectivity index (χ3v) is 10.7. The molecule has 2 heterocycles. The number of aliphatic imine (C=N–C) groups is 1. The van der Waals surface area contributed by atoms with Gasteiger partial charge in [0.2, 0.25) is 0 Å². The molecule has 4 nitrogen and oxygen atoms in total. The quantitative estimate of drug-likeness (QED) is 0.165. The summed E-state index contributed by atoms with van der Waals surface area (Å²) < 4.78 is 2.23. The van der Waals surface area contributed by atoms with Crippen LogP contribution < -0.4 is 0 Å². The van der Waals surface area contributed by atoms with Gasteiger partial charge in [-0.2, -0.15) is 5.26 Å². The molecule has 0 spiro atoms. The Kier molecular flexibility index (Phi) is 8.24. The molecule has 10 rings (SSSR count). The molecule has 0 aliphatic carbocycles. The molecule has 0 fully saturated rings. The molecule has 1 aliphatic heterocycles. The van der Waals surface area contributed by atoms with Crippen molar-refractivity contribution in [3.63, 3.8) is 0 Å². The molecule has 56 heavy (non-hydrogen) atoms. The third kappa shape index (κ3) is 5.98. The number of para-hydroxylation sites is 4. The van der Waals surface area contributed by atoms with Gasteiger partial charge in [0, 0.05) is 11.3 Å². The molecule has 1 aromatic heterocycles. The van der Waals surface area contributed by atoms with Crippen molar-refractivity contribution in [1.82, 2.24) is 9.55 Å². The Hall–Kier alpha value is -7.61. The highest BCUT2D eigenvalue weighted by Gasteiger charge is 2.29. The molecule has 4 heteroatoms. The van der Waals surface area contributed by atoms with Crippen LogP contribution in [-0.2, 0) is 0 Å². The van der Waals surface area contributed by atoms with Gasteiger partial charge in [-0.05, 0) is 111 Å². The minimum atomic E-state index is 0.0802. The minimum Gasteiger partial charge on any atom is -0.292 e. The second kappa shape index (κ2) is 14.0. The predicted octanol–water partition coefficient (Wildman–Crippen LogP) is 12.8. The first-order valence-electron chi connectivity index (χ1n) is 18.8.